The normalized spacial score (nSPS) is 10.5. The van der Waals surface area contributed by atoms with E-state index in [2.05, 4.69) is 10.5 Å². The first-order valence-electron chi connectivity index (χ1n) is 6.95. The van der Waals surface area contributed by atoms with E-state index >= 15 is 0 Å². The van der Waals surface area contributed by atoms with Crippen molar-refractivity contribution in [2.45, 2.75) is 6.92 Å². The molecule has 0 unspecified atom stereocenters. The fourth-order valence-electron chi connectivity index (χ4n) is 1.87. The van der Waals surface area contributed by atoms with Gasteiger partial charge in [0, 0.05) is 11.6 Å². The molecule has 1 amide bonds. The van der Waals surface area contributed by atoms with Gasteiger partial charge in [-0.1, -0.05) is 24.3 Å². The Labute approximate surface area is 137 Å². The summed E-state index contributed by atoms with van der Waals surface area (Å²) < 4.78 is 5.13. The fraction of sp³-hybridized carbons (Fsp3) is 0.125. The highest BCUT2D eigenvalue weighted by molar-refractivity contribution is 5.85. The highest BCUT2D eigenvalue weighted by atomic mass is 16.6. The van der Waals surface area contributed by atoms with Gasteiger partial charge in [0.15, 0.2) is 12.4 Å². The number of hydrazone groups is 1. The molecule has 8 heteroatoms. The number of rotatable bonds is 6. The third kappa shape index (κ3) is 4.29. The molecular formula is C16H15N3O5. The Bertz CT molecular complexity index is 789. The number of aryl methyl sites for hydroxylation is 1. The van der Waals surface area contributed by atoms with E-state index in [1.807, 2.05) is 0 Å². The number of aromatic hydroxyl groups is 1. The molecule has 0 spiro atoms. The molecule has 0 fully saturated rings. The number of phenols is 1. The lowest BCUT2D eigenvalue weighted by atomic mass is 10.1. The lowest BCUT2D eigenvalue weighted by molar-refractivity contribution is -0.385. The molecule has 0 saturated carbocycles. The quantitative estimate of drug-likeness (QED) is 0.479. The SMILES string of the molecule is Cc1cccc(/C=N/NC(=O)COc2ccccc2[N+](=O)[O-])c1O. The molecule has 0 aromatic heterocycles. The summed E-state index contributed by atoms with van der Waals surface area (Å²) in [6.07, 6.45) is 1.30. The van der Waals surface area contributed by atoms with E-state index in [1.165, 1.54) is 24.4 Å². The predicted molar refractivity (Wildman–Crippen MR) is 87.2 cm³/mol. The van der Waals surface area contributed by atoms with Gasteiger partial charge in [0.05, 0.1) is 11.1 Å². The van der Waals surface area contributed by atoms with E-state index in [1.54, 1.807) is 31.2 Å². The maximum absolute atomic E-state index is 11.7. The first-order chi connectivity index (χ1) is 11.5. The van der Waals surface area contributed by atoms with E-state index in [0.717, 1.165) is 0 Å². The van der Waals surface area contributed by atoms with E-state index in [9.17, 15) is 20.0 Å². The summed E-state index contributed by atoms with van der Waals surface area (Å²) in [6, 6.07) is 10.9. The Morgan fingerprint density at radius 2 is 2.08 bits per heavy atom. The van der Waals surface area contributed by atoms with E-state index in [0.29, 0.717) is 11.1 Å². The highest BCUT2D eigenvalue weighted by Gasteiger charge is 2.14. The molecule has 0 aliphatic carbocycles. The zero-order valence-electron chi connectivity index (χ0n) is 12.8. The van der Waals surface area contributed by atoms with Crippen molar-refractivity contribution in [3.8, 4) is 11.5 Å². The summed E-state index contributed by atoms with van der Waals surface area (Å²) in [5.41, 5.74) is 3.14. The molecule has 0 radical (unpaired) electrons. The van der Waals surface area contributed by atoms with Crippen LogP contribution in [0.3, 0.4) is 0 Å². The van der Waals surface area contributed by atoms with Crippen molar-refractivity contribution in [3.63, 3.8) is 0 Å². The smallest absolute Gasteiger partial charge is 0.310 e. The number of carbonyl (C=O) groups is 1. The number of nitrogens with zero attached hydrogens (tertiary/aromatic N) is 2. The molecule has 2 N–H and O–H groups in total. The van der Waals surface area contributed by atoms with Crippen LogP contribution in [0.5, 0.6) is 11.5 Å². The molecule has 8 nitrogen and oxygen atoms in total. The van der Waals surface area contributed by atoms with Crippen molar-refractivity contribution in [2.24, 2.45) is 5.10 Å². The maximum atomic E-state index is 11.7. The van der Waals surface area contributed by atoms with Gasteiger partial charge in [-0.15, -0.1) is 0 Å². The van der Waals surface area contributed by atoms with Gasteiger partial charge in [-0.3, -0.25) is 14.9 Å². The summed E-state index contributed by atoms with van der Waals surface area (Å²) >= 11 is 0. The Balaban J connectivity index is 1.91. The van der Waals surface area contributed by atoms with Crippen molar-refractivity contribution < 1.29 is 19.6 Å². The standard InChI is InChI=1S/C16H15N3O5/c1-11-5-4-6-12(16(11)21)9-17-18-15(20)10-24-14-8-3-2-7-13(14)19(22)23/h2-9,21H,10H2,1H3,(H,18,20)/b17-9+. The molecule has 0 bridgehead atoms. The number of nitrogens with one attached hydrogen (secondary N) is 1. The van der Waals surface area contributed by atoms with E-state index in [4.69, 9.17) is 4.74 Å². The monoisotopic (exact) mass is 329 g/mol. The lowest BCUT2D eigenvalue weighted by Gasteiger charge is -2.05. The fourth-order valence-corrected chi connectivity index (χ4v) is 1.87. The highest BCUT2D eigenvalue weighted by Crippen LogP contribution is 2.25. The Morgan fingerprint density at radius 1 is 1.33 bits per heavy atom. The van der Waals surface area contributed by atoms with Crippen LogP contribution in [0.2, 0.25) is 0 Å². The Hall–Kier alpha value is -3.42. The van der Waals surface area contributed by atoms with Gasteiger partial charge < -0.3 is 9.84 Å². The molecule has 124 valence electrons. The number of nitro benzene ring substituents is 1. The van der Waals surface area contributed by atoms with Crippen molar-refractivity contribution in [1.29, 1.82) is 0 Å². The molecule has 0 saturated heterocycles. The third-order valence-corrected chi connectivity index (χ3v) is 3.08. The van der Waals surface area contributed by atoms with Crippen molar-refractivity contribution in [3.05, 3.63) is 63.7 Å². The van der Waals surface area contributed by atoms with Crippen LogP contribution in [0.1, 0.15) is 11.1 Å². The first kappa shape index (κ1) is 16.9. The molecular weight excluding hydrogens is 314 g/mol. The summed E-state index contributed by atoms with van der Waals surface area (Å²) in [7, 11) is 0. The van der Waals surface area contributed by atoms with Crippen LogP contribution in [0.25, 0.3) is 0 Å². The zero-order chi connectivity index (χ0) is 17.5. The summed E-state index contributed by atoms with van der Waals surface area (Å²) in [4.78, 5) is 21.9. The van der Waals surface area contributed by atoms with Gasteiger partial charge >= 0.3 is 5.69 Å². The van der Waals surface area contributed by atoms with Crippen molar-refractivity contribution >= 4 is 17.8 Å². The van der Waals surface area contributed by atoms with Crippen LogP contribution < -0.4 is 10.2 Å². The number of amides is 1. The first-order valence-corrected chi connectivity index (χ1v) is 6.95. The minimum absolute atomic E-state index is 0.00189. The number of carbonyl (C=O) groups excluding carboxylic acids is 1. The predicted octanol–water partition coefficient (Wildman–Crippen LogP) is 2.14. The second-order valence-corrected chi connectivity index (χ2v) is 4.82. The number of phenolic OH excluding ortho intramolecular Hbond substituents is 1. The summed E-state index contributed by atoms with van der Waals surface area (Å²) in [6.45, 7) is 1.31. The number of nitro groups is 1. The van der Waals surface area contributed by atoms with Gasteiger partial charge in [-0.25, -0.2) is 5.43 Å². The topological polar surface area (TPSA) is 114 Å². The Morgan fingerprint density at radius 3 is 2.83 bits per heavy atom. The maximum Gasteiger partial charge on any atom is 0.310 e. The van der Waals surface area contributed by atoms with Crippen LogP contribution in [-0.4, -0.2) is 28.8 Å². The van der Waals surface area contributed by atoms with Crippen LogP contribution >= 0.6 is 0 Å². The third-order valence-electron chi connectivity index (χ3n) is 3.08. The minimum Gasteiger partial charge on any atom is -0.507 e. The van der Waals surface area contributed by atoms with Crippen LogP contribution in [0.15, 0.2) is 47.6 Å². The number of ether oxygens (including phenoxy) is 1. The largest absolute Gasteiger partial charge is 0.507 e. The number of hydrogen-bond donors (Lipinski definition) is 2. The number of hydrogen-bond acceptors (Lipinski definition) is 6. The molecule has 0 aliphatic heterocycles. The van der Waals surface area contributed by atoms with Crippen molar-refractivity contribution in [2.75, 3.05) is 6.61 Å². The van der Waals surface area contributed by atoms with E-state index in [-0.39, 0.29) is 17.2 Å². The van der Waals surface area contributed by atoms with Crippen molar-refractivity contribution in [1.82, 2.24) is 5.43 Å². The zero-order valence-corrected chi connectivity index (χ0v) is 12.8. The van der Waals surface area contributed by atoms with Crippen LogP contribution in [0.4, 0.5) is 5.69 Å². The number of benzene rings is 2. The van der Waals surface area contributed by atoms with E-state index < -0.39 is 17.4 Å². The molecule has 24 heavy (non-hydrogen) atoms. The van der Waals surface area contributed by atoms with Gasteiger partial charge in [0.1, 0.15) is 5.75 Å². The summed E-state index contributed by atoms with van der Waals surface area (Å²) in [5.74, 6) is -0.513. The second-order valence-electron chi connectivity index (χ2n) is 4.82. The average molecular weight is 329 g/mol. The van der Waals surface area contributed by atoms with Gasteiger partial charge in [0.2, 0.25) is 0 Å². The lowest BCUT2D eigenvalue weighted by Crippen LogP contribution is -2.24. The minimum atomic E-state index is -0.591. The molecule has 2 rings (SSSR count). The summed E-state index contributed by atoms with van der Waals surface area (Å²) in [5, 5.41) is 24.4. The van der Waals surface area contributed by atoms with Gasteiger partial charge in [-0.05, 0) is 24.6 Å². The molecule has 0 heterocycles. The molecule has 0 aliphatic rings. The van der Waals surface area contributed by atoms with Crippen LogP contribution in [-0.2, 0) is 4.79 Å². The molecule has 2 aromatic carbocycles. The van der Waals surface area contributed by atoms with Gasteiger partial charge in [0.25, 0.3) is 5.91 Å². The Kier molecular flexibility index (Phi) is 5.45. The molecule has 0 atom stereocenters. The van der Waals surface area contributed by atoms with Gasteiger partial charge in [-0.2, -0.15) is 5.10 Å². The van der Waals surface area contributed by atoms with Crippen LogP contribution in [0, 0.1) is 17.0 Å². The molecule has 2 aromatic rings. The average Bonchev–Trinajstić information content (AvgIpc) is 2.57. The second kappa shape index (κ2) is 7.73. The number of para-hydroxylation sites is 3.